The van der Waals surface area contributed by atoms with E-state index in [1.54, 1.807) is 0 Å². The lowest BCUT2D eigenvalue weighted by Crippen LogP contribution is -2.19. The summed E-state index contributed by atoms with van der Waals surface area (Å²) in [5.74, 6) is 1.47. The summed E-state index contributed by atoms with van der Waals surface area (Å²) in [7, 11) is 0. The van der Waals surface area contributed by atoms with Gasteiger partial charge in [-0.1, -0.05) is 42.5 Å². The Bertz CT molecular complexity index is 433. The highest BCUT2D eigenvalue weighted by atomic mass is 16.5. The molecule has 0 radical (unpaired) electrons. The maximum absolute atomic E-state index is 5.58. The molecule has 1 aliphatic carbocycles. The summed E-state index contributed by atoms with van der Waals surface area (Å²) in [6.07, 6.45) is 11.4. The number of hydrogen-bond donors (Lipinski definition) is 1. The van der Waals surface area contributed by atoms with E-state index in [9.17, 15) is 0 Å². The molecule has 100 valence electrons. The first-order chi connectivity index (χ1) is 9.38. The molecular formula is C17H21NO. The summed E-state index contributed by atoms with van der Waals surface area (Å²) >= 11 is 0. The molecule has 0 aromatic heterocycles. The van der Waals surface area contributed by atoms with E-state index in [1.807, 2.05) is 18.2 Å². The highest BCUT2D eigenvalue weighted by Crippen LogP contribution is 2.13. The fourth-order valence-corrected chi connectivity index (χ4v) is 1.96. The second kappa shape index (κ2) is 7.59. The molecule has 0 amide bonds. The van der Waals surface area contributed by atoms with Gasteiger partial charge >= 0.3 is 0 Å². The minimum atomic E-state index is 0.543. The van der Waals surface area contributed by atoms with Gasteiger partial charge in [0.2, 0.25) is 0 Å². The number of benzene rings is 1. The SMILES string of the molecule is C=CCCOc1ccc(CNCC2C=CC=C2)cc1. The Labute approximate surface area is 115 Å². The normalized spacial score (nSPS) is 13.9. The lowest BCUT2D eigenvalue weighted by atomic mass is 10.1. The van der Waals surface area contributed by atoms with Crippen LogP contribution in [0.25, 0.3) is 0 Å². The second-order valence-electron chi connectivity index (χ2n) is 4.63. The zero-order valence-corrected chi connectivity index (χ0v) is 11.2. The van der Waals surface area contributed by atoms with Crippen molar-refractivity contribution in [2.75, 3.05) is 13.2 Å². The Kier molecular flexibility index (Phi) is 5.45. The highest BCUT2D eigenvalue weighted by molar-refractivity contribution is 5.27. The zero-order valence-electron chi connectivity index (χ0n) is 11.2. The van der Waals surface area contributed by atoms with Crippen molar-refractivity contribution in [1.29, 1.82) is 0 Å². The van der Waals surface area contributed by atoms with Crippen LogP contribution in [-0.4, -0.2) is 13.2 Å². The van der Waals surface area contributed by atoms with Crippen LogP contribution in [0.15, 0.2) is 61.2 Å². The van der Waals surface area contributed by atoms with Gasteiger partial charge in [0.25, 0.3) is 0 Å². The van der Waals surface area contributed by atoms with Gasteiger partial charge in [0, 0.05) is 19.0 Å². The van der Waals surface area contributed by atoms with Crippen molar-refractivity contribution in [3.05, 3.63) is 66.8 Å². The third kappa shape index (κ3) is 4.76. The average molecular weight is 255 g/mol. The second-order valence-corrected chi connectivity index (χ2v) is 4.63. The Morgan fingerprint density at radius 3 is 2.58 bits per heavy atom. The smallest absolute Gasteiger partial charge is 0.119 e. The van der Waals surface area contributed by atoms with Crippen molar-refractivity contribution in [1.82, 2.24) is 5.32 Å². The first-order valence-electron chi connectivity index (χ1n) is 6.77. The topological polar surface area (TPSA) is 21.3 Å². The van der Waals surface area contributed by atoms with Gasteiger partial charge in [0.05, 0.1) is 6.61 Å². The van der Waals surface area contributed by atoms with Crippen LogP contribution in [0.1, 0.15) is 12.0 Å². The summed E-state index contributed by atoms with van der Waals surface area (Å²) in [6, 6.07) is 8.26. The Balaban J connectivity index is 1.70. The van der Waals surface area contributed by atoms with E-state index < -0.39 is 0 Å². The molecule has 2 nitrogen and oxygen atoms in total. The van der Waals surface area contributed by atoms with Gasteiger partial charge < -0.3 is 10.1 Å². The third-order valence-corrected chi connectivity index (χ3v) is 3.05. The molecule has 0 fully saturated rings. The molecule has 0 saturated carbocycles. The summed E-state index contributed by atoms with van der Waals surface area (Å²) in [5, 5.41) is 3.46. The van der Waals surface area contributed by atoms with Crippen molar-refractivity contribution in [3.63, 3.8) is 0 Å². The van der Waals surface area contributed by atoms with Gasteiger partial charge in [-0.3, -0.25) is 0 Å². The van der Waals surface area contributed by atoms with Crippen LogP contribution in [0.5, 0.6) is 5.75 Å². The number of hydrogen-bond acceptors (Lipinski definition) is 2. The van der Waals surface area contributed by atoms with Crippen LogP contribution >= 0.6 is 0 Å². The van der Waals surface area contributed by atoms with Gasteiger partial charge in [-0.2, -0.15) is 0 Å². The van der Waals surface area contributed by atoms with E-state index in [2.05, 4.69) is 48.3 Å². The van der Waals surface area contributed by atoms with Gasteiger partial charge in [-0.15, -0.1) is 6.58 Å². The molecular weight excluding hydrogens is 234 g/mol. The summed E-state index contributed by atoms with van der Waals surface area (Å²) in [4.78, 5) is 0. The third-order valence-electron chi connectivity index (χ3n) is 3.05. The number of ether oxygens (including phenoxy) is 1. The van der Waals surface area contributed by atoms with E-state index >= 15 is 0 Å². The number of nitrogens with one attached hydrogen (secondary N) is 1. The molecule has 0 unspecified atom stereocenters. The average Bonchev–Trinajstić information content (AvgIpc) is 2.94. The Morgan fingerprint density at radius 1 is 1.16 bits per heavy atom. The van der Waals surface area contributed by atoms with E-state index in [1.165, 1.54) is 5.56 Å². The lowest BCUT2D eigenvalue weighted by Gasteiger charge is -2.09. The molecule has 1 aromatic rings. The molecule has 1 N–H and O–H groups in total. The van der Waals surface area contributed by atoms with E-state index in [-0.39, 0.29) is 0 Å². The van der Waals surface area contributed by atoms with Crippen molar-refractivity contribution in [2.24, 2.45) is 5.92 Å². The maximum atomic E-state index is 5.58. The lowest BCUT2D eigenvalue weighted by molar-refractivity contribution is 0.325. The van der Waals surface area contributed by atoms with Crippen LogP contribution in [0, 0.1) is 5.92 Å². The first kappa shape index (κ1) is 13.6. The molecule has 1 aromatic carbocycles. The van der Waals surface area contributed by atoms with Crippen molar-refractivity contribution < 1.29 is 4.74 Å². The molecule has 2 rings (SSSR count). The fraction of sp³-hybridized carbons (Fsp3) is 0.294. The minimum Gasteiger partial charge on any atom is -0.493 e. The molecule has 0 atom stereocenters. The maximum Gasteiger partial charge on any atom is 0.119 e. The van der Waals surface area contributed by atoms with Crippen molar-refractivity contribution in [2.45, 2.75) is 13.0 Å². The van der Waals surface area contributed by atoms with Crippen LogP contribution < -0.4 is 10.1 Å². The van der Waals surface area contributed by atoms with Crippen LogP contribution in [0.3, 0.4) is 0 Å². The largest absolute Gasteiger partial charge is 0.493 e. The van der Waals surface area contributed by atoms with E-state index in [0.717, 1.165) is 25.3 Å². The van der Waals surface area contributed by atoms with Crippen molar-refractivity contribution >= 4 is 0 Å². The Morgan fingerprint density at radius 2 is 1.89 bits per heavy atom. The minimum absolute atomic E-state index is 0.543. The predicted octanol–water partition coefficient (Wildman–Crippen LogP) is 3.47. The molecule has 0 aliphatic heterocycles. The van der Waals surface area contributed by atoms with Crippen LogP contribution in [-0.2, 0) is 6.54 Å². The molecule has 2 heteroatoms. The van der Waals surface area contributed by atoms with Crippen LogP contribution in [0.2, 0.25) is 0 Å². The molecule has 0 heterocycles. The molecule has 0 bridgehead atoms. The van der Waals surface area contributed by atoms with Gasteiger partial charge in [-0.05, 0) is 24.1 Å². The van der Waals surface area contributed by atoms with Crippen molar-refractivity contribution in [3.8, 4) is 5.75 Å². The Hall–Kier alpha value is -1.80. The van der Waals surface area contributed by atoms with Gasteiger partial charge in [0.1, 0.15) is 5.75 Å². The monoisotopic (exact) mass is 255 g/mol. The number of rotatable bonds is 8. The zero-order chi connectivity index (χ0) is 13.3. The summed E-state index contributed by atoms with van der Waals surface area (Å²) in [5.41, 5.74) is 1.28. The first-order valence-corrected chi connectivity index (χ1v) is 6.77. The molecule has 0 spiro atoms. The van der Waals surface area contributed by atoms with Crippen LogP contribution in [0.4, 0.5) is 0 Å². The highest BCUT2D eigenvalue weighted by Gasteiger charge is 2.02. The summed E-state index contributed by atoms with van der Waals surface area (Å²) in [6.45, 7) is 6.25. The molecule has 0 saturated heterocycles. The molecule has 1 aliphatic rings. The van der Waals surface area contributed by atoms with Gasteiger partial charge in [0.15, 0.2) is 0 Å². The standard InChI is InChI=1S/C17H21NO/c1-2-3-12-19-17-10-8-16(9-11-17)14-18-13-15-6-4-5-7-15/h2,4-11,15,18H,1,3,12-14H2. The van der Waals surface area contributed by atoms with E-state index in [4.69, 9.17) is 4.74 Å². The van der Waals surface area contributed by atoms with E-state index in [0.29, 0.717) is 12.5 Å². The van der Waals surface area contributed by atoms with Gasteiger partial charge in [-0.25, -0.2) is 0 Å². The molecule has 19 heavy (non-hydrogen) atoms. The fourth-order valence-electron chi connectivity index (χ4n) is 1.96. The summed E-state index contributed by atoms with van der Waals surface area (Å²) < 4.78 is 5.58. The quantitative estimate of drug-likeness (QED) is 0.567. The number of allylic oxidation sites excluding steroid dienone is 2. The predicted molar refractivity (Wildman–Crippen MR) is 80.2 cm³/mol.